The van der Waals surface area contributed by atoms with Crippen molar-refractivity contribution in [3.05, 3.63) is 40.9 Å². The van der Waals surface area contributed by atoms with Crippen LogP contribution < -0.4 is 14.8 Å². The van der Waals surface area contributed by atoms with Crippen molar-refractivity contribution in [2.24, 2.45) is 0 Å². The third kappa shape index (κ3) is 4.06. The summed E-state index contributed by atoms with van der Waals surface area (Å²) in [6, 6.07) is 5.40. The maximum absolute atomic E-state index is 11.8. The average Bonchev–Trinajstić information content (AvgIpc) is 2.90. The van der Waals surface area contributed by atoms with Gasteiger partial charge in [0, 0.05) is 23.1 Å². The molecule has 0 spiro atoms. The van der Waals surface area contributed by atoms with Crippen molar-refractivity contribution in [3.63, 3.8) is 0 Å². The number of nitrogens with zero attached hydrogens (tertiary/aromatic N) is 1. The Labute approximate surface area is 127 Å². The van der Waals surface area contributed by atoms with Gasteiger partial charge in [0.05, 0.1) is 19.9 Å². The van der Waals surface area contributed by atoms with Gasteiger partial charge in [-0.2, -0.15) is 0 Å². The van der Waals surface area contributed by atoms with Gasteiger partial charge in [0.25, 0.3) is 0 Å². The summed E-state index contributed by atoms with van der Waals surface area (Å²) in [6.07, 6.45) is 3.13. The summed E-state index contributed by atoms with van der Waals surface area (Å²) < 4.78 is 10.4. The maximum atomic E-state index is 11.8. The molecule has 0 bridgehead atoms. The molecule has 2 rings (SSSR count). The highest BCUT2D eigenvalue weighted by Gasteiger charge is 2.04. The van der Waals surface area contributed by atoms with Crippen molar-refractivity contribution in [3.8, 4) is 11.5 Å². The highest BCUT2D eigenvalue weighted by molar-refractivity contribution is 7.13. The van der Waals surface area contributed by atoms with E-state index < -0.39 is 0 Å². The van der Waals surface area contributed by atoms with Crippen LogP contribution in [0.15, 0.2) is 29.7 Å². The van der Waals surface area contributed by atoms with E-state index >= 15 is 0 Å². The smallest absolute Gasteiger partial charge is 0.250 e. The number of ether oxygens (including phenoxy) is 2. The molecule has 0 aliphatic heterocycles. The van der Waals surface area contributed by atoms with E-state index in [-0.39, 0.29) is 5.91 Å². The molecule has 21 heavy (non-hydrogen) atoms. The molecular formula is C15H16N2O3S. The predicted molar refractivity (Wildman–Crippen MR) is 84.1 cm³/mol. The number of thiazole rings is 1. The number of carbonyl (C=O) groups excluding carboxylic acids is 1. The second kappa shape index (κ2) is 6.90. The largest absolute Gasteiger partial charge is 0.497 e. The van der Waals surface area contributed by atoms with E-state index in [1.807, 2.05) is 24.4 Å². The van der Waals surface area contributed by atoms with Crippen molar-refractivity contribution in [1.82, 2.24) is 4.98 Å². The molecular weight excluding hydrogens is 288 g/mol. The van der Waals surface area contributed by atoms with Crippen LogP contribution in [-0.2, 0) is 4.79 Å². The fourth-order valence-electron chi connectivity index (χ4n) is 1.68. The Bertz CT molecular complexity index is 665. The monoisotopic (exact) mass is 304 g/mol. The zero-order valence-electron chi connectivity index (χ0n) is 12.0. The number of benzene rings is 1. The van der Waals surface area contributed by atoms with Crippen molar-refractivity contribution < 1.29 is 14.3 Å². The molecule has 0 unspecified atom stereocenters. The lowest BCUT2D eigenvalue weighted by Crippen LogP contribution is -2.07. The Hall–Kier alpha value is -2.34. The van der Waals surface area contributed by atoms with Gasteiger partial charge in [-0.3, -0.25) is 10.1 Å². The van der Waals surface area contributed by atoms with Crippen LogP contribution in [0.3, 0.4) is 0 Å². The van der Waals surface area contributed by atoms with Crippen LogP contribution in [0.4, 0.5) is 5.13 Å². The maximum Gasteiger partial charge on any atom is 0.250 e. The summed E-state index contributed by atoms with van der Waals surface area (Å²) in [7, 11) is 3.16. The Morgan fingerprint density at radius 2 is 2.14 bits per heavy atom. The molecule has 1 aromatic carbocycles. The molecule has 1 N–H and O–H groups in total. The second-order valence-electron chi connectivity index (χ2n) is 4.22. The van der Waals surface area contributed by atoms with Crippen LogP contribution in [0.2, 0.25) is 0 Å². The lowest BCUT2D eigenvalue weighted by Gasteiger charge is -2.07. The number of aryl methyl sites for hydroxylation is 1. The molecule has 0 aliphatic carbocycles. The molecule has 6 heteroatoms. The summed E-state index contributed by atoms with van der Waals surface area (Å²) in [4.78, 5) is 16.0. The average molecular weight is 304 g/mol. The first-order valence-corrected chi connectivity index (χ1v) is 7.13. The number of carbonyl (C=O) groups is 1. The van der Waals surface area contributed by atoms with E-state index in [9.17, 15) is 4.79 Å². The van der Waals surface area contributed by atoms with Crippen LogP contribution in [0, 0.1) is 6.92 Å². The highest BCUT2D eigenvalue weighted by atomic mass is 32.1. The van der Waals surface area contributed by atoms with E-state index in [1.54, 1.807) is 26.4 Å². The van der Waals surface area contributed by atoms with Crippen molar-refractivity contribution >= 4 is 28.5 Å². The number of nitrogens with one attached hydrogen (secondary N) is 1. The summed E-state index contributed by atoms with van der Waals surface area (Å²) in [5.74, 6) is 1.11. The van der Waals surface area contributed by atoms with E-state index in [1.165, 1.54) is 17.4 Å². The standard InChI is InChI=1S/C15H16N2O3S/c1-10-9-21-15(16-10)17-14(18)7-5-11-4-6-12(19-2)8-13(11)20-3/h4-9H,1-3H3,(H,16,17,18). The third-order valence-electron chi connectivity index (χ3n) is 2.70. The predicted octanol–water partition coefficient (Wildman–Crippen LogP) is 3.12. The third-order valence-corrected chi connectivity index (χ3v) is 3.58. The molecule has 5 nitrogen and oxygen atoms in total. The molecule has 2 aromatic rings. The number of methoxy groups -OCH3 is 2. The molecule has 0 fully saturated rings. The SMILES string of the molecule is COc1ccc(C=CC(=O)Nc2nc(C)cs2)c(OC)c1. The Morgan fingerprint density at radius 1 is 1.33 bits per heavy atom. The number of rotatable bonds is 5. The van der Waals surface area contributed by atoms with E-state index in [2.05, 4.69) is 10.3 Å². The lowest BCUT2D eigenvalue weighted by molar-refractivity contribution is -0.111. The molecule has 110 valence electrons. The van der Waals surface area contributed by atoms with E-state index in [0.29, 0.717) is 16.6 Å². The fraction of sp³-hybridized carbons (Fsp3) is 0.200. The summed E-state index contributed by atoms with van der Waals surface area (Å²) >= 11 is 1.39. The lowest BCUT2D eigenvalue weighted by atomic mass is 10.1. The van der Waals surface area contributed by atoms with Crippen LogP contribution in [0.1, 0.15) is 11.3 Å². The fourth-order valence-corrected chi connectivity index (χ4v) is 2.37. The minimum Gasteiger partial charge on any atom is -0.497 e. The second-order valence-corrected chi connectivity index (χ2v) is 5.08. The molecule has 0 saturated carbocycles. The van der Waals surface area contributed by atoms with Crippen LogP contribution in [0.5, 0.6) is 11.5 Å². The van der Waals surface area contributed by atoms with Crippen molar-refractivity contribution in [2.45, 2.75) is 6.92 Å². The minimum absolute atomic E-state index is 0.234. The summed E-state index contributed by atoms with van der Waals surface area (Å²) in [5, 5.41) is 5.18. The zero-order chi connectivity index (χ0) is 15.2. The first-order valence-electron chi connectivity index (χ1n) is 6.25. The van der Waals surface area contributed by atoms with Crippen LogP contribution >= 0.6 is 11.3 Å². The zero-order valence-corrected chi connectivity index (χ0v) is 12.9. The van der Waals surface area contributed by atoms with Gasteiger partial charge in [-0.15, -0.1) is 11.3 Å². The summed E-state index contributed by atoms with van der Waals surface area (Å²) in [6.45, 7) is 1.88. The quantitative estimate of drug-likeness (QED) is 0.862. The Morgan fingerprint density at radius 3 is 2.76 bits per heavy atom. The summed E-state index contributed by atoms with van der Waals surface area (Å²) in [5.41, 5.74) is 1.68. The number of amides is 1. The molecule has 0 aliphatic rings. The Kier molecular flexibility index (Phi) is 4.94. The number of aromatic nitrogens is 1. The first kappa shape index (κ1) is 15.1. The van der Waals surface area contributed by atoms with E-state index in [4.69, 9.17) is 9.47 Å². The minimum atomic E-state index is -0.234. The molecule has 1 heterocycles. The van der Waals surface area contributed by atoms with Gasteiger partial charge >= 0.3 is 0 Å². The van der Waals surface area contributed by atoms with Crippen LogP contribution in [-0.4, -0.2) is 25.1 Å². The van der Waals surface area contributed by atoms with Gasteiger partial charge in [0.15, 0.2) is 5.13 Å². The van der Waals surface area contributed by atoms with Crippen molar-refractivity contribution in [2.75, 3.05) is 19.5 Å². The normalized spacial score (nSPS) is 10.6. The number of hydrogen-bond acceptors (Lipinski definition) is 5. The molecule has 0 radical (unpaired) electrons. The topological polar surface area (TPSA) is 60.5 Å². The van der Waals surface area contributed by atoms with Crippen molar-refractivity contribution in [1.29, 1.82) is 0 Å². The Balaban J connectivity index is 2.08. The molecule has 1 amide bonds. The van der Waals surface area contributed by atoms with E-state index in [0.717, 1.165) is 11.3 Å². The number of anilines is 1. The van der Waals surface area contributed by atoms with Gasteiger partial charge < -0.3 is 9.47 Å². The molecule has 0 saturated heterocycles. The van der Waals surface area contributed by atoms with Gasteiger partial charge in [-0.25, -0.2) is 4.98 Å². The van der Waals surface area contributed by atoms with Gasteiger partial charge in [0.2, 0.25) is 5.91 Å². The van der Waals surface area contributed by atoms with Gasteiger partial charge in [-0.05, 0) is 25.1 Å². The van der Waals surface area contributed by atoms with Crippen LogP contribution in [0.25, 0.3) is 6.08 Å². The van der Waals surface area contributed by atoms with Gasteiger partial charge in [0.1, 0.15) is 11.5 Å². The highest BCUT2D eigenvalue weighted by Crippen LogP contribution is 2.25. The first-order chi connectivity index (χ1) is 10.1. The molecule has 1 aromatic heterocycles. The number of hydrogen-bond donors (Lipinski definition) is 1. The van der Waals surface area contributed by atoms with Gasteiger partial charge in [-0.1, -0.05) is 0 Å². The molecule has 0 atom stereocenters.